The monoisotopic (exact) mass is 234 g/mol. The van der Waals surface area contributed by atoms with Gasteiger partial charge < -0.3 is 11.1 Å². The number of aryl methyl sites for hydroxylation is 2. The number of nitrogens with zero attached hydrogens (tertiary/aromatic N) is 2. The zero-order valence-corrected chi connectivity index (χ0v) is 10.3. The Morgan fingerprint density at radius 3 is 3.06 bits per heavy atom. The lowest BCUT2D eigenvalue weighted by molar-refractivity contribution is -0.119. The maximum absolute atomic E-state index is 10.9. The van der Waals surface area contributed by atoms with Crippen LogP contribution in [-0.2, 0) is 11.3 Å². The number of hydrogen-bond donors (Lipinski definition) is 2. The Morgan fingerprint density at radius 2 is 2.41 bits per heavy atom. The number of hydrogen-bond acceptors (Lipinski definition) is 3. The largest absolute Gasteiger partial charge is 0.344 e. The molecule has 5 heteroatoms. The van der Waals surface area contributed by atoms with Crippen LogP contribution in [0.4, 0.5) is 0 Å². The Kier molecular flexibility index (Phi) is 5.24. The summed E-state index contributed by atoms with van der Waals surface area (Å²) in [4.78, 5) is 10.9. The van der Waals surface area contributed by atoms with Crippen molar-refractivity contribution in [3.63, 3.8) is 0 Å². The molecular weight excluding hydrogens is 216 g/mol. The smallest absolute Gasteiger partial charge is 0.234 e. The summed E-state index contributed by atoms with van der Waals surface area (Å²) in [6, 6.07) is 0. The highest BCUT2D eigenvalue weighted by Gasteiger charge is 2.00. The van der Waals surface area contributed by atoms with E-state index in [-0.39, 0.29) is 12.5 Å². The van der Waals surface area contributed by atoms with Crippen LogP contribution in [0.25, 0.3) is 0 Å². The molecule has 0 aromatic carbocycles. The lowest BCUT2D eigenvalue weighted by atomic mass is 10.3. The molecule has 92 valence electrons. The van der Waals surface area contributed by atoms with Gasteiger partial charge in [0.25, 0.3) is 0 Å². The van der Waals surface area contributed by atoms with E-state index < -0.39 is 0 Å². The van der Waals surface area contributed by atoms with Crippen molar-refractivity contribution in [1.82, 2.24) is 15.1 Å². The molecule has 0 aliphatic carbocycles. The second-order valence-corrected chi connectivity index (χ2v) is 3.67. The molecule has 17 heavy (non-hydrogen) atoms. The van der Waals surface area contributed by atoms with Gasteiger partial charge in [0.2, 0.25) is 5.91 Å². The Hall–Kier alpha value is -1.80. The van der Waals surface area contributed by atoms with Crippen molar-refractivity contribution >= 4 is 5.91 Å². The van der Waals surface area contributed by atoms with Gasteiger partial charge >= 0.3 is 0 Å². The maximum atomic E-state index is 10.9. The van der Waals surface area contributed by atoms with Gasteiger partial charge in [0.15, 0.2) is 0 Å². The molecular formula is C12H18N4O. The fraction of sp³-hybridized carbons (Fsp3) is 0.500. The summed E-state index contributed by atoms with van der Waals surface area (Å²) in [5.74, 6) is 5.66. The third-order valence-corrected chi connectivity index (χ3v) is 2.18. The Morgan fingerprint density at radius 1 is 1.65 bits per heavy atom. The minimum atomic E-state index is -0.197. The first-order chi connectivity index (χ1) is 8.17. The van der Waals surface area contributed by atoms with E-state index in [1.807, 2.05) is 17.8 Å². The van der Waals surface area contributed by atoms with Crippen molar-refractivity contribution in [3.8, 4) is 11.8 Å². The minimum absolute atomic E-state index is 0.00482. The molecule has 0 aliphatic heterocycles. The van der Waals surface area contributed by atoms with Gasteiger partial charge in [-0.05, 0) is 13.3 Å². The molecule has 1 aromatic rings. The fourth-order valence-corrected chi connectivity index (χ4v) is 1.34. The normalized spacial score (nSPS) is 9.59. The van der Waals surface area contributed by atoms with Crippen LogP contribution in [0.3, 0.4) is 0 Å². The van der Waals surface area contributed by atoms with Crippen molar-refractivity contribution in [2.24, 2.45) is 5.73 Å². The van der Waals surface area contributed by atoms with E-state index in [2.05, 4.69) is 29.2 Å². The first kappa shape index (κ1) is 13.3. The van der Waals surface area contributed by atoms with Crippen LogP contribution in [0.2, 0.25) is 0 Å². The quantitative estimate of drug-likeness (QED) is 0.722. The molecule has 1 heterocycles. The standard InChI is InChI=1S/C12H18N4O/c1-3-7-16-9-11(10(2)15-16)5-4-6-14-12(17)8-13/h9H,3,6-8,13H2,1-2H3,(H,14,17). The molecule has 3 N–H and O–H groups in total. The molecule has 0 saturated carbocycles. The van der Waals surface area contributed by atoms with Gasteiger partial charge in [-0.1, -0.05) is 18.8 Å². The van der Waals surface area contributed by atoms with Crippen LogP contribution in [0, 0.1) is 18.8 Å². The Balaban J connectivity index is 2.56. The van der Waals surface area contributed by atoms with Gasteiger partial charge in [-0.15, -0.1) is 0 Å². The first-order valence-electron chi connectivity index (χ1n) is 5.67. The van der Waals surface area contributed by atoms with Gasteiger partial charge in [-0.3, -0.25) is 9.48 Å². The topological polar surface area (TPSA) is 72.9 Å². The molecule has 0 radical (unpaired) electrons. The summed E-state index contributed by atoms with van der Waals surface area (Å²) in [6.07, 6.45) is 2.97. The second-order valence-electron chi connectivity index (χ2n) is 3.67. The summed E-state index contributed by atoms with van der Waals surface area (Å²) in [5.41, 5.74) is 6.97. The SMILES string of the molecule is CCCn1cc(C#CCNC(=O)CN)c(C)n1. The molecule has 1 amide bonds. The van der Waals surface area contributed by atoms with E-state index in [4.69, 9.17) is 5.73 Å². The third-order valence-electron chi connectivity index (χ3n) is 2.18. The molecule has 0 unspecified atom stereocenters. The third kappa shape index (κ3) is 4.29. The maximum Gasteiger partial charge on any atom is 0.234 e. The predicted octanol–water partition coefficient (Wildman–Crippen LogP) is 0.0279. The number of rotatable bonds is 4. The van der Waals surface area contributed by atoms with E-state index in [1.165, 1.54) is 0 Å². The van der Waals surface area contributed by atoms with Crippen molar-refractivity contribution in [2.75, 3.05) is 13.1 Å². The van der Waals surface area contributed by atoms with Crippen LogP contribution in [0.5, 0.6) is 0 Å². The van der Waals surface area contributed by atoms with Crippen LogP contribution in [0.1, 0.15) is 24.6 Å². The van der Waals surface area contributed by atoms with Crippen molar-refractivity contribution in [3.05, 3.63) is 17.5 Å². The molecule has 0 spiro atoms. The molecule has 1 aromatic heterocycles. The lowest BCUT2D eigenvalue weighted by Crippen LogP contribution is -2.30. The number of carbonyl (C=O) groups is 1. The molecule has 0 saturated heterocycles. The summed E-state index contributed by atoms with van der Waals surface area (Å²) in [5, 5.41) is 6.93. The molecule has 5 nitrogen and oxygen atoms in total. The number of amides is 1. The number of nitrogens with one attached hydrogen (secondary N) is 1. The average molecular weight is 234 g/mol. The summed E-state index contributed by atoms with van der Waals surface area (Å²) >= 11 is 0. The average Bonchev–Trinajstić information content (AvgIpc) is 2.65. The van der Waals surface area contributed by atoms with Gasteiger partial charge in [0.05, 0.1) is 24.3 Å². The van der Waals surface area contributed by atoms with Gasteiger partial charge in [0.1, 0.15) is 0 Å². The zero-order valence-electron chi connectivity index (χ0n) is 10.3. The van der Waals surface area contributed by atoms with Crippen LogP contribution < -0.4 is 11.1 Å². The minimum Gasteiger partial charge on any atom is -0.344 e. The molecule has 1 rings (SSSR count). The highest BCUT2D eigenvalue weighted by Crippen LogP contribution is 2.03. The number of aromatic nitrogens is 2. The highest BCUT2D eigenvalue weighted by atomic mass is 16.1. The van der Waals surface area contributed by atoms with E-state index in [0.717, 1.165) is 24.2 Å². The van der Waals surface area contributed by atoms with Crippen molar-refractivity contribution in [1.29, 1.82) is 0 Å². The number of nitrogens with two attached hydrogens (primary N) is 1. The van der Waals surface area contributed by atoms with Crippen molar-refractivity contribution < 1.29 is 4.79 Å². The molecule has 0 fully saturated rings. The van der Waals surface area contributed by atoms with Crippen molar-refractivity contribution in [2.45, 2.75) is 26.8 Å². The van der Waals surface area contributed by atoms with Gasteiger partial charge in [-0.2, -0.15) is 5.10 Å². The van der Waals surface area contributed by atoms with E-state index in [0.29, 0.717) is 6.54 Å². The first-order valence-corrected chi connectivity index (χ1v) is 5.67. The van der Waals surface area contributed by atoms with E-state index in [9.17, 15) is 4.79 Å². The Bertz CT molecular complexity index is 439. The molecule has 0 atom stereocenters. The van der Waals surface area contributed by atoms with E-state index >= 15 is 0 Å². The highest BCUT2D eigenvalue weighted by molar-refractivity contribution is 5.77. The van der Waals surface area contributed by atoms with Gasteiger partial charge in [-0.25, -0.2) is 0 Å². The van der Waals surface area contributed by atoms with E-state index in [1.54, 1.807) is 0 Å². The summed E-state index contributed by atoms with van der Waals surface area (Å²) < 4.78 is 1.89. The van der Waals surface area contributed by atoms with Gasteiger partial charge in [0, 0.05) is 12.7 Å². The summed E-state index contributed by atoms with van der Waals surface area (Å²) in [6.45, 7) is 5.23. The fourth-order valence-electron chi connectivity index (χ4n) is 1.34. The molecule has 0 bridgehead atoms. The lowest BCUT2D eigenvalue weighted by Gasteiger charge is -1.94. The molecule has 0 aliphatic rings. The zero-order chi connectivity index (χ0) is 12.7. The predicted molar refractivity (Wildman–Crippen MR) is 66.2 cm³/mol. The number of carbonyl (C=O) groups excluding carboxylic acids is 1. The summed E-state index contributed by atoms with van der Waals surface area (Å²) in [7, 11) is 0. The van der Waals surface area contributed by atoms with Crippen LogP contribution >= 0.6 is 0 Å². The second kappa shape index (κ2) is 6.71. The van der Waals surface area contributed by atoms with Crippen LogP contribution in [0.15, 0.2) is 6.20 Å². The van der Waals surface area contributed by atoms with Crippen LogP contribution in [-0.4, -0.2) is 28.8 Å². The Labute approximate surface area is 101 Å².